The fourth-order valence-corrected chi connectivity index (χ4v) is 5.01. The first-order valence-corrected chi connectivity index (χ1v) is 11.0. The van der Waals surface area contributed by atoms with Crippen molar-refractivity contribution in [3.8, 4) is 0 Å². The van der Waals surface area contributed by atoms with Gasteiger partial charge in [0.15, 0.2) is 5.96 Å². The van der Waals surface area contributed by atoms with Crippen LogP contribution in [0.15, 0.2) is 17.1 Å². The number of nitrogens with zero attached hydrogens (tertiary/aromatic N) is 3. The van der Waals surface area contributed by atoms with E-state index in [1.54, 1.807) is 11.3 Å². The van der Waals surface area contributed by atoms with Crippen LogP contribution in [0.3, 0.4) is 0 Å². The Kier molecular flexibility index (Phi) is 9.61. The first-order valence-electron chi connectivity index (χ1n) is 9.32. The number of rotatable bonds is 6. The van der Waals surface area contributed by atoms with Gasteiger partial charge in [0.1, 0.15) is 5.01 Å². The van der Waals surface area contributed by atoms with E-state index >= 15 is 0 Å². The molecule has 0 aromatic carbocycles. The summed E-state index contributed by atoms with van der Waals surface area (Å²) in [6.07, 6.45) is 0. The van der Waals surface area contributed by atoms with Gasteiger partial charge in [0.05, 0.1) is 31.5 Å². The molecule has 0 spiro atoms. The number of guanidine groups is 1. The maximum Gasteiger partial charge on any atom is 0.191 e. The van der Waals surface area contributed by atoms with Gasteiger partial charge in [-0.05, 0) is 32.9 Å². The Bertz CT molecular complexity index is 751. The zero-order valence-electron chi connectivity index (χ0n) is 16.9. The summed E-state index contributed by atoms with van der Waals surface area (Å²) in [5.74, 6) is 0.812. The van der Waals surface area contributed by atoms with Crippen molar-refractivity contribution < 1.29 is 4.74 Å². The Morgan fingerprint density at radius 3 is 2.54 bits per heavy atom. The lowest BCUT2D eigenvalue weighted by Gasteiger charge is -2.34. The molecule has 0 aliphatic carbocycles. The molecule has 1 fully saturated rings. The third kappa shape index (κ3) is 6.38. The summed E-state index contributed by atoms with van der Waals surface area (Å²) in [6.45, 7) is 11.4. The van der Waals surface area contributed by atoms with Crippen LogP contribution in [0.2, 0.25) is 0 Å². The van der Waals surface area contributed by atoms with Crippen LogP contribution in [-0.4, -0.2) is 55.7 Å². The molecule has 9 heteroatoms. The predicted octanol–water partition coefficient (Wildman–Crippen LogP) is 3.49. The average Bonchev–Trinajstić information content (AvgIpc) is 3.24. The van der Waals surface area contributed by atoms with Crippen LogP contribution in [0.25, 0.3) is 0 Å². The van der Waals surface area contributed by atoms with Crippen LogP contribution in [0, 0.1) is 20.8 Å². The minimum absolute atomic E-state index is 0. The lowest BCUT2D eigenvalue weighted by Crippen LogP contribution is -2.46. The van der Waals surface area contributed by atoms with Gasteiger partial charge in [-0.25, -0.2) is 4.98 Å². The molecule has 1 atom stereocenters. The monoisotopic (exact) mass is 535 g/mol. The number of hydrogen-bond donors (Lipinski definition) is 2. The van der Waals surface area contributed by atoms with Crippen molar-refractivity contribution >= 4 is 52.6 Å². The molecule has 3 heterocycles. The third-order valence-corrected chi connectivity index (χ3v) is 6.92. The second kappa shape index (κ2) is 11.4. The number of nitrogens with one attached hydrogen (secondary N) is 2. The average molecular weight is 536 g/mol. The highest BCUT2D eigenvalue weighted by Gasteiger charge is 2.24. The highest BCUT2D eigenvalue weighted by atomic mass is 127. The van der Waals surface area contributed by atoms with E-state index in [2.05, 4.69) is 58.4 Å². The smallest absolute Gasteiger partial charge is 0.191 e. The predicted molar refractivity (Wildman–Crippen MR) is 129 cm³/mol. The highest BCUT2D eigenvalue weighted by molar-refractivity contribution is 14.0. The number of hydrogen-bond acceptors (Lipinski definition) is 6. The summed E-state index contributed by atoms with van der Waals surface area (Å²) in [4.78, 5) is 15.5. The zero-order chi connectivity index (χ0) is 19.2. The molecule has 0 saturated carbocycles. The summed E-state index contributed by atoms with van der Waals surface area (Å²) in [5.41, 5.74) is 1.11. The van der Waals surface area contributed by atoms with Gasteiger partial charge in [-0.3, -0.25) is 9.89 Å². The molecular weight excluding hydrogens is 505 g/mol. The highest BCUT2D eigenvalue weighted by Crippen LogP contribution is 2.27. The molecule has 1 unspecified atom stereocenters. The van der Waals surface area contributed by atoms with Crippen LogP contribution in [-0.2, 0) is 11.3 Å². The number of aliphatic imine (C=N–C) groups is 1. The van der Waals surface area contributed by atoms with E-state index in [0.29, 0.717) is 12.6 Å². The second-order valence-corrected chi connectivity index (χ2v) is 9.28. The number of thiophene rings is 1. The van der Waals surface area contributed by atoms with Crippen LogP contribution in [0.4, 0.5) is 0 Å². The van der Waals surface area contributed by atoms with Gasteiger partial charge in [0, 0.05) is 41.3 Å². The molecule has 2 aromatic heterocycles. The van der Waals surface area contributed by atoms with E-state index in [1.165, 1.54) is 14.6 Å². The van der Waals surface area contributed by atoms with Crippen molar-refractivity contribution in [2.45, 2.75) is 33.4 Å². The maximum atomic E-state index is 5.54. The quantitative estimate of drug-likeness (QED) is 0.337. The van der Waals surface area contributed by atoms with Crippen molar-refractivity contribution in [2.75, 3.05) is 39.9 Å². The molecule has 0 amide bonds. The summed E-state index contributed by atoms with van der Waals surface area (Å²) in [7, 11) is 1.81. The van der Waals surface area contributed by atoms with Crippen molar-refractivity contribution in [1.29, 1.82) is 0 Å². The van der Waals surface area contributed by atoms with E-state index in [9.17, 15) is 0 Å². The van der Waals surface area contributed by atoms with E-state index in [4.69, 9.17) is 4.74 Å². The normalized spacial score (nSPS) is 16.5. The first-order chi connectivity index (χ1) is 13.1. The van der Waals surface area contributed by atoms with Crippen LogP contribution >= 0.6 is 46.7 Å². The maximum absolute atomic E-state index is 5.54. The Labute approximate surface area is 192 Å². The lowest BCUT2D eigenvalue weighted by atomic mass is 10.2. The molecule has 6 nitrogen and oxygen atoms in total. The molecule has 1 saturated heterocycles. The Morgan fingerprint density at radius 1 is 1.21 bits per heavy atom. The van der Waals surface area contributed by atoms with Crippen molar-refractivity contribution in [2.24, 2.45) is 4.99 Å². The van der Waals surface area contributed by atoms with Crippen molar-refractivity contribution in [3.63, 3.8) is 0 Å². The molecule has 28 heavy (non-hydrogen) atoms. The van der Waals surface area contributed by atoms with Gasteiger partial charge in [0.25, 0.3) is 0 Å². The topological polar surface area (TPSA) is 61.8 Å². The first kappa shape index (κ1) is 23.5. The lowest BCUT2D eigenvalue weighted by molar-refractivity contribution is 0.0177. The SMILES string of the molecule is CN=C(NCc1nc(C)c(C)s1)NCC(c1ccc(C)s1)N1CCOCC1.I. The fraction of sp³-hybridized carbons (Fsp3) is 0.579. The minimum atomic E-state index is 0. The van der Waals surface area contributed by atoms with Gasteiger partial charge >= 0.3 is 0 Å². The third-order valence-electron chi connectivity index (χ3n) is 4.74. The molecule has 1 aliphatic rings. The fourth-order valence-electron chi connectivity index (χ4n) is 3.12. The number of morpholine rings is 1. The zero-order valence-corrected chi connectivity index (χ0v) is 20.9. The summed E-state index contributed by atoms with van der Waals surface area (Å²) < 4.78 is 5.54. The Balaban J connectivity index is 0.00000280. The Morgan fingerprint density at radius 2 is 1.96 bits per heavy atom. The van der Waals surface area contributed by atoms with E-state index in [0.717, 1.165) is 49.5 Å². The van der Waals surface area contributed by atoms with E-state index in [1.807, 2.05) is 18.4 Å². The van der Waals surface area contributed by atoms with Gasteiger partial charge in [-0.15, -0.1) is 46.7 Å². The summed E-state index contributed by atoms with van der Waals surface area (Å²) in [5, 5.41) is 7.98. The molecule has 3 rings (SSSR count). The summed E-state index contributed by atoms with van der Waals surface area (Å²) >= 11 is 3.61. The number of aromatic nitrogens is 1. The van der Waals surface area contributed by atoms with Crippen molar-refractivity contribution in [1.82, 2.24) is 20.5 Å². The van der Waals surface area contributed by atoms with Crippen LogP contribution < -0.4 is 10.6 Å². The van der Waals surface area contributed by atoms with Gasteiger partial charge in [-0.2, -0.15) is 0 Å². The van der Waals surface area contributed by atoms with Crippen molar-refractivity contribution in [3.05, 3.63) is 37.5 Å². The Hall–Kier alpha value is -0.750. The molecular formula is C19H30IN5OS2. The minimum Gasteiger partial charge on any atom is -0.379 e. The van der Waals surface area contributed by atoms with E-state index < -0.39 is 0 Å². The molecule has 0 bridgehead atoms. The van der Waals surface area contributed by atoms with Gasteiger partial charge in [0.2, 0.25) is 0 Å². The van der Waals surface area contributed by atoms with Gasteiger partial charge < -0.3 is 15.4 Å². The summed E-state index contributed by atoms with van der Waals surface area (Å²) in [6, 6.07) is 4.78. The number of halogens is 1. The second-order valence-electron chi connectivity index (χ2n) is 6.67. The standard InChI is InChI=1S/C19H29N5OS2.HI/c1-13-5-6-17(26-13)16(24-7-9-25-10-8-24)11-21-19(20-4)22-12-18-23-14(2)15(3)27-18;/h5-6,16H,7-12H2,1-4H3,(H2,20,21,22);1H. The molecule has 2 N–H and O–H groups in total. The molecule has 1 aliphatic heterocycles. The largest absolute Gasteiger partial charge is 0.379 e. The molecule has 156 valence electrons. The van der Waals surface area contributed by atoms with Crippen LogP contribution in [0.1, 0.15) is 31.4 Å². The number of ether oxygens (including phenoxy) is 1. The number of thiazole rings is 1. The molecule has 2 aromatic rings. The number of aryl methyl sites for hydroxylation is 3. The van der Waals surface area contributed by atoms with Crippen LogP contribution in [0.5, 0.6) is 0 Å². The van der Waals surface area contributed by atoms with E-state index in [-0.39, 0.29) is 24.0 Å². The van der Waals surface area contributed by atoms with Gasteiger partial charge in [-0.1, -0.05) is 0 Å². The molecule has 0 radical (unpaired) electrons.